The molecule has 1 aromatic carbocycles. The summed E-state index contributed by atoms with van der Waals surface area (Å²) in [6.45, 7) is 7.53. The zero-order valence-electron chi connectivity index (χ0n) is 11.7. The Kier molecular flexibility index (Phi) is 4.56. The molecule has 0 aliphatic heterocycles. The average Bonchev–Trinajstić information content (AvgIpc) is 2.47. The van der Waals surface area contributed by atoms with E-state index in [2.05, 4.69) is 21.5 Å². The van der Waals surface area contributed by atoms with Gasteiger partial charge in [0.05, 0.1) is 5.69 Å². The number of allylic oxidation sites excluding steroid dienone is 2. The minimum Gasteiger partial charge on any atom is -0.265 e. The molecule has 0 saturated carbocycles. The summed E-state index contributed by atoms with van der Waals surface area (Å²) in [5.41, 5.74) is 3.91. The summed E-state index contributed by atoms with van der Waals surface area (Å²) in [6, 6.07) is 11.9. The molecule has 2 rings (SSSR count). The highest BCUT2D eigenvalue weighted by atomic mass is 14.9. The first-order valence-electron chi connectivity index (χ1n) is 6.43. The van der Waals surface area contributed by atoms with Crippen molar-refractivity contribution in [3.8, 4) is 11.4 Å². The smallest absolute Gasteiger partial charge is 0.159 e. The Labute approximate surface area is 119 Å². The van der Waals surface area contributed by atoms with Gasteiger partial charge in [-0.3, -0.25) is 4.99 Å². The Morgan fingerprint density at radius 2 is 1.95 bits per heavy atom. The maximum Gasteiger partial charge on any atom is 0.159 e. The number of aromatic nitrogens is 2. The second kappa shape index (κ2) is 6.57. The van der Waals surface area contributed by atoms with E-state index >= 15 is 0 Å². The Bertz CT molecular complexity index is 655. The fourth-order valence-electron chi connectivity index (χ4n) is 1.79. The van der Waals surface area contributed by atoms with E-state index in [1.54, 1.807) is 6.21 Å². The van der Waals surface area contributed by atoms with Gasteiger partial charge in [0.25, 0.3) is 0 Å². The third kappa shape index (κ3) is 3.48. The van der Waals surface area contributed by atoms with Crippen LogP contribution in [0.5, 0.6) is 0 Å². The molecular formula is C17H17N3. The van der Waals surface area contributed by atoms with Gasteiger partial charge in [-0.1, -0.05) is 36.9 Å². The van der Waals surface area contributed by atoms with Gasteiger partial charge in [0.1, 0.15) is 0 Å². The molecule has 0 atom stereocenters. The van der Waals surface area contributed by atoms with Crippen LogP contribution in [0.1, 0.15) is 18.3 Å². The van der Waals surface area contributed by atoms with Crippen LogP contribution in [0.25, 0.3) is 17.0 Å². The van der Waals surface area contributed by atoms with E-state index in [9.17, 15) is 0 Å². The first-order valence-corrected chi connectivity index (χ1v) is 6.43. The number of hydrogen-bond donors (Lipinski definition) is 0. The molecule has 0 fully saturated rings. The van der Waals surface area contributed by atoms with Gasteiger partial charge >= 0.3 is 0 Å². The monoisotopic (exact) mass is 263 g/mol. The molecule has 0 aliphatic carbocycles. The summed E-state index contributed by atoms with van der Waals surface area (Å²) in [7, 11) is 0. The van der Waals surface area contributed by atoms with Crippen molar-refractivity contribution in [2.75, 3.05) is 0 Å². The molecule has 1 heterocycles. The maximum atomic E-state index is 4.62. The summed E-state index contributed by atoms with van der Waals surface area (Å²) in [4.78, 5) is 13.1. The Morgan fingerprint density at radius 3 is 2.65 bits per heavy atom. The first-order chi connectivity index (χ1) is 9.70. The van der Waals surface area contributed by atoms with Gasteiger partial charge < -0.3 is 0 Å². The lowest BCUT2D eigenvalue weighted by Crippen LogP contribution is -1.96. The molecule has 0 saturated heterocycles. The van der Waals surface area contributed by atoms with Crippen molar-refractivity contribution in [3.63, 3.8) is 0 Å². The quantitative estimate of drug-likeness (QED) is 0.780. The number of hydrogen-bond acceptors (Lipinski definition) is 3. The van der Waals surface area contributed by atoms with Gasteiger partial charge in [-0.25, -0.2) is 9.97 Å². The number of nitrogens with zero attached hydrogens (tertiary/aromatic N) is 3. The summed E-state index contributed by atoms with van der Waals surface area (Å²) in [5, 5.41) is 0. The van der Waals surface area contributed by atoms with Crippen molar-refractivity contribution in [3.05, 3.63) is 66.6 Å². The molecule has 0 amide bonds. The van der Waals surface area contributed by atoms with Crippen molar-refractivity contribution in [1.82, 2.24) is 9.97 Å². The van der Waals surface area contributed by atoms with Gasteiger partial charge in [-0.15, -0.1) is 0 Å². The third-order valence-electron chi connectivity index (χ3n) is 2.81. The molecule has 3 heteroatoms. The Balaban J connectivity index is 2.41. The van der Waals surface area contributed by atoms with E-state index in [1.807, 2.05) is 56.3 Å². The third-order valence-corrected chi connectivity index (χ3v) is 2.81. The first kappa shape index (κ1) is 13.9. The van der Waals surface area contributed by atoms with Crippen LogP contribution >= 0.6 is 0 Å². The van der Waals surface area contributed by atoms with Crippen LogP contribution in [-0.2, 0) is 0 Å². The molecular weight excluding hydrogens is 246 g/mol. The fourth-order valence-corrected chi connectivity index (χ4v) is 1.79. The van der Waals surface area contributed by atoms with Crippen molar-refractivity contribution < 1.29 is 0 Å². The number of benzene rings is 1. The molecule has 3 nitrogen and oxygen atoms in total. The highest BCUT2D eigenvalue weighted by molar-refractivity contribution is 5.83. The number of aryl methyl sites for hydroxylation is 1. The van der Waals surface area contributed by atoms with Gasteiger partial charge in [-0.2, -0.15) is 0 Å². The molecule has 0 spiro atoms. The molecule has 100 valence electrons. The second-order valence-corrected chi connectivity index (χ2v) is 4.41. The average molecular weight is 263 g/mol. The molecule has 20 heavy (non-hydrogen) atoms. The van der Waals surface area contributed by atoms with Gasteiger partial charge in [0.2, 0.25) is 0 Å². The zero-order valence-corrected chi connectivity index (χ0v) is 11.7. The molecule has 0 unspecified atom stereocenters. The Hall–Kier alpha value is -2.55. The van der Waals surface area contributed by atoms with E-state index in [0.29, 0.717) is 0 Å². The standard InChI is InChI=1S/C17H17N3/c1-4-18-11-10-13(2)16-12-14(3)19-17(20-16)15-8-6-5-7-9-15/h4-12H,1H2,2-3H3/b13-10+,18-11?. The lowest BCUT2D eigenvalue weighted by molar-refractivity contribution is 1.09. The number of rotatable bonds is 4. The second-order valence-electron chi connectivity index (χ2n) is 4.41. The van der Waals surface area contributed by atoms with E-state index < -0.39 is 0 Å². The molecule has 0 aliphatic rings. The van der Waals surface area contributed by atoms with Crippen LogP contribution in [-0.4, -0.2) is 16.2 Å². The van der Waals surface area contributed by atoms with E-state index in [1.165, 1.54) is 6.20 Å². The SMILES string of the molecule is C=CN=C/C=C(\C)c1cc(C)nc(-c2ccccc2)n1. The van der Waals surface area contributed by atoms with Gasteiger partial charge in [0.15, 0.2) is 5.82 Å². The normalized spacial score (nSPS) is 11.8. The molecule has 1 aromatic heterocycles. The van der Waals surface area contributed by atoms with Crippen LogP contribution < -0.4 is 0 Å². The fraction of sp³-hybridized carbons (Fsp3) is 0.118. The topological polar surface area (TPSA) is 38.1 Å². The van der Waals surface area contributed by atoms with Crippen LogP contribution in [0.15, 0.2) is 60.2 Å². The van der Waals surface area contributed by atoms with E-state index in [4.69, 9.17) is 0 Å². The minimum absolute atomic E-state index is 0.744. The highest BCUT2D eigenvalue weighted by Crippen LogP contribution is 2.18. The predicted octanol–water partition coefficient (Wildman–Crippen LogP) is 4.07. The number of aliphatic imine (C=N–C) groups is 1. The summed E-state index contributed by atoms with van der Waals surface area (Å²) in [6.07, 6.45) is 5.13. The molecule has 0 bridgehead atoms. The van der Waals surface area contributed by atoms with Crippen LogP contribution in [0.4, 0.5) is 0 Å². The van der Waals surface area contributed by atoms with Gasteiger partial charge in [-0.05, 0) is 31.6 Å². The molecule has 2 aromatic rings. The van der Waals surface area contributed by atoms with Crippen LogP contribution in [0.3, 0.4) is 0 Å². The predicted molar refractivity (Wildman–Crippen MR) is 84.5 cm³/mol. The lowest BCUT2D eigenvalue weighted by Gasteiger charge is -2.06. The zero-order chi connectivity index (χ0) is 14.4. The highest BCUT2D eigenvalue weighted by Gasteiger charge is 2.05. The molecule has 0 N–H and O–H groups in total. The van der Waals surface area contributed by atoms with Crippen molar-refractivity contribution in [2.45, 2.75) is 13.8 Å². The van der Waals surface area contributed by atoms with Crippen molar-refractivity contribution >= 4 is 11.8 Å². The summed E-state index contributed by atoms with van der Waals surface area (Å²) >= 11 is 0. The van der Waals surface area contributed by atoms with E-state index in [0.717, 1.165) is 28.3 Å². The van der Waals surface area contributed by atoms with E-state index in [-0.39, 0.29) is 0 Å². The van der Waals surface area contributed by atoms with Gasteiger partial charge in [0, 0.05) is 23.7 Å². The minimum atomic E-state index is 0.744. The molecule has 0 radical (unpaired) electrons. The van der Waals surface area contributed by atoms with Crippen LogP contribution in [0.2, 0.25) is 0 Å². The Morgan fingerprint density at radius 1 is 1.20 bits per heavy atom. The summed E-state index contributed by atoms with van der Waals surface area (Å²) in [5.74, 6) is 0.744. The van der Waals surface area contributed by atoms with Crippen molar-refractivity contribution in [1.29, 1.82) is 0 Å². The largest absolute Gasteiger partial charge is 0.265 e. The van der Waals surface area contributed by atoms with Crippen LogP contribution in [0, 0.1) is 6.92 Å². The lowest BCUT2D eigenvalue weighted by atomic mass is 10.1. The summed E-state index contributed by atoms with van der Waals surface area (Å²) < 4.78 is 0. The van der Waals surface area contributed by atoms with Crippen molar-refractivity contribution in [2.24, 2.45) is 4.99 Å². The maximum absolute atomic E-state index is 4.62.